The van der Waals surface area contributed by atoms with Gasteiger partial charge in [-0.05, 0) is 52.9 Å². The van der Waals surface area contributed by atoms with Crippen molar-refractivity contribution in [3.05, 3.63) is 83.2 Å². The lowest BCUT2D eigenvalue weighted by Crippen LogP contribution is -2.26. The van der Waals surface area contributed by atoms with Gasteiger partial charge in [0.25, 0.3) is 5.91 Å². The molecular formula is C23H20FNO2. The number of rotatable bonds is 4. The van der Waals surface area contributed by atoms with Crippen LogP contribution in [0.5, 0.6) is 0 Å². The number of fused-ring (bicyclic) bond motifs is 1. The van der Waals surface area contributed by atoms with E-state index in [1.807, 2.05) is 49.4 Å². The summed E-state index contributed by atoms with van der Waals surface area (Å²) >= 11 is 0. The van der Waals surface area contributed by atoms with Gasteiger partial charge in [-0.1, -0.05) is 42.5 Å². The number of halogens is 1. The predicted octanol–water partition coefficient (Wildman–Crippen LogP) is 4.42. The first-order chi connectivity index (χ1) is 13.1. The number of aliphatic hydroxyl groups excluding tert-OH is 1. The van der Waals surface area contributed by atoms with Gasteiger partial charge in [-0.3, -0.25) is 4.79 Å². The summed E-state index contributed by atoms with van der Waals surface area (Å²) in [5, 5.41) is 9.13. The average Bonchev–Trinajstić information content (AvgIpc) is 2.98. The monoisotopic (exact) mass is 361 g/mol. The van der Waals surface area contributed by atoms with Gasteiger partial charge in [0.2, 0.25) is 0 Å². The van der Waals surface area contributed by atoms with Gasteiger partial charge >= 0.3 is 0 Å². The summed E-state index contributed by atoms with van der Waals surface area (Å²) in [5.41, 5.74) is 6.12. The molecule has 0 fully saturated rings. The number of amides is 1. The molecule has 27 heavy (non-hydrogen) atoms. The van der Waals surface area contributed by atoms with E-state index in [0.29, 0.717) is 24.2 Å². The number of hydrogen-bond donors (Lipinski definition) is 1. The third-order valence-electron chi connectivity index (χ3n) is 5.16. The van der Waals surface area contributed by atoms with E-state index < -0.39 is 0 Å². The van der Waals surface area contributed by atoms with Crippen LogP contribution in [0.25, 0.3) is 22.3 Å². The molecule has 1 aliphatic rings. The zero-order chi connectivity index (χ0) is 19.0. The predicted molar refractivity (Wildman–Crippen MR) is 104 cm³/mol. The third kappa shape index (κ3) is 3.02. The van der Waals surface area contributed by atoms with Crippen molar-refractivity contribution in [1.29, 1.82) is 0 Å². The number of aliphatic hydroxyl groups is 1. The Morgan fingerprint density at radius 1 is 0.963 bits per heavy atom. The summed E-state index contributed by atoms with van der Waals surface area (Å²) in [7, 11) is 0. The number of β-amino-alcohol motifs (C(OH)–C–C–N with tert-alkyl or cyclic N) is 1. The number of carbonyl (C=O) groups is 1. The second-order valence-electron chi connectivity index (χ2n) is 6.78. The first kappa shape index (κ1) is 17.4. The van der Waals surface area contributed by atoms with Crippen LogP contribution in [-0.2, 0) is 6.54 Å². The zero-order valence-corrected chi connectivity index (χ0v) is 15.1. The molecule has 4 heteroatoms. The van der Waals surface area contributed by atoms with Gasteiger partial charge in [-0.25, -0.2) is 4.39 Å². The normalized spacial score (nSPS) is 13.1. The molecule has 3 aromatic rings. The van der Waals surface area contributed by atoms with Crippen molar-refractivity contribution >= 4 is 5.91 Å². The highest BCUT2D eigenvalue weighted by Gasteiger charge is 2.27. The zero-order valence-electron chi connectivity index (χ0n) is 15.1. The van der Waals surface area contributed by atoms with Crippen LogP contribution in [0.1, 0.15) is 21.5 Å². The molecule has 3 aromatic carbocycles. The average molecular weight is 361 g/mol. The molecule has 3 nitrogen and oxygen atoms in total. The van der Waals surface area contributed by atoms with Gasteiger partial charge in [0.05, 0.1) is 6.61 Å². The van der Waals surface area contributed by atoms with Gasteiger partial charge in [0.1, 0.15) is 5.82 Å². The highest BCUT2D eigenvalue weighted by atomic mass is 19.1. The lowest BCUT2D eigenvalue weighted by Gasteiger charge is -2.13. The molecule has 0 aromatic heterocycles. The molecule has 1 N–H and O–H groups in total. The van der Waals surface area contributed by atoms with E-state index in [4.69, 9.17) is 5.11 Å². The van der Waals surface area contributed by atoms with Crippen molar-refractivity contribution in [2.24, 2.45) is 0 Å². The SMILES string of the molecule is Cc1c(-c2ccc3c(c2)CN(CCO)C3=O)cccc1-c1ccccc1F. The van der Waals surface area contributed by atoms with Crippen LogP contribution in [0.4, 0.5) is 4.39 Å². The van der Waals surface area contributed by atoms with Gasteiger partial charge in [0.15, 0.2) is 0 Å². The highest BCUT2D eigenvalue weighted by molar-refractivity contribution is 5.99. The Kier molecular flexibility index (Phi) is 4.50. The molecule has 0 spiro atoms. The molecular weight excluding hydrogens is 341 g/mol. The van der Waals surface area contributed by atoms with Crippen LogP contribution in [0.3, 0.4) is 0 Å². The minimum absolute atomic E-state index is 0.0394. The molecule has 1 heterocycles. The Labute approximate surface area is 157 Å². The van der Waals surface area contributed by atoms with E-state index in [9.17, 15) is 9.18 Å². The fraction of sp³-hybridized carbons (Fsp3) is 0.174. The van der Waals surface area contributed by atoms with E-state index in [1.54, 1.807) is 17.0 Å². The first-order valence-corrected chi connectivity index (χ1v) is 8.98. The van der Waals surface area contributed by atoms with E-state index in [2.05, 4.69) is 0 Å². The molecule has 0 bridgehead atoms. The van der Waals surface area contributed by atoms with Crippen molar-refractivity contribution in [1.82, 2.24) is 4.90 Å². The van der Waals surface area contributed by atoms with Gasteiger partial charge in [0, 0.05) is 24.2 Å². The molecule has 0 atom stereocenters. The molecule has 0 aliphatic carbocycles. The van der Waals surface area contributed by atoms with Crippen LogP contribution in [0.15, 0.2) is 60.7 Å². The van der Waals surface area contributed by atoms with Crippen LogP contribution in [0.2, 0.25) is 0 Å². The molecule has 4 rings (SSSR count). The number of benzene rings is 3. The van der Waals surface area contributed by atoms with Crippen LogP contribution < -0.4 is 0 Å². The molecule has 0 radical (unpaired) electrons. The Morgan fingerprint density at radius 3 is 2.48 bits per heavy atom. The van der Waals surface area contributed by atoms with Crippen LogP contribution >= 0.6 is 0 Å². The smallest absolute Gasteiger partial charge is 0.254 e. The van der Waals surface area contributed by atoms with Gasteiger partial charge in [-0.2, -0.15) is 0 Å². The third-order valence-corrected chi connectivity index (χ3v) is 5.16. The van der Waals surface area contributed by atoms with E-state index in [-0.39, 0.29) is 18.3 Å². The fourth-order valence-electron chi connectivity index (χ4n) is 3.77. The second-order valence-corrected chi connectivity index (χ2v) is 6.78. The number of nitrogens with zero attached hydrogens (tertiary/aromatic N) is 1. The molecule has 1 aliphatic heterocycles. The summed E-state index contributed by atoms with van der Waals surface area (Å²) in [4.78, 5) is 14.0. The summed E-state index contributed by atoms with van der Waals surface area (Å²) in [5.74, 6) is -0.278. The topological polar surface area (TPSA) is 40.5 Å². The van der Waals surface area contributed by atoms with Gasteiger partial charge in [-0.15, -0.1) is 0 Å². The maximum Gasteiger partial charge on any atom is 0.254 e. The van der Waals surface area contributed by atoms with E-state index >= 15 is 0 Å². The highest BCUT2D eigenvalue weighted by Crippen LogP contribution is 2.35. The minimum Gasteiger partial charge on any atom is -0.395 e. The Balaban J connectivity index is 1.76. The van der Waals surface area contributed by atoms with Crippen molar-refractivity contribution in [2.45, 2.75) is 13.5 Å². The summed E-state index contributed by atoms with van der Waals surface area (Å²) in [6.07, 6.45) is 0. The quantitative estimate of drug-likeness (QED) is 0.747. The summed E-state index contributed by atoms with van der Waals surface area (Å²) in [6.45, 7) is 2.79. The van der Waals surface area contributed by atoms with Crippen molar-refractivity contribution in [3.63, 3.8) is 0 Å². The van der Waals surface area contributed by atoms with Crippen LogP contribution in [0, 0.1) is 12.7 Å². The molecule has 0 unspecified atom stereocenters. The van der Waals surface area contributed by atoms with Gasteiger partial charge < -0.3 is 10.0 Å². The lowest BCUT2D eigenvalue weighted by atomic mass is 9.91. The molecule has 136 valence electrons. The van der Waals surface area contributed by atoms with Crippen molar-refractivity contribution in [2.75, 3.05) is 13.2 Å². The Bertz CT molecular complexity index is 1030. The summed E-state index contributed by atoms with van der Waals surface area (Å²) < 4.78 is 14.3. The standard InChI is InChI=1S/C23H20FNO2/c1-15-18(6-4-7-19(15)21-5-2-3-8-22(21)24)16-9-10-20-17(13-16)14-25(11-12-26)23(20)27/h2-10,13,26H,11-12,14H2,1H3. The second kappa shape index (κ2) is 6.97. The van der Waals surface area contributed by atoms with Crippen molar-refractivity contribution in [3.8, 4) is 22.3 Å². The fourth-order valence-corrected chi connectivity index (χ4v) is 3.77. The largest absolute Gasteiger partial charge is 0.395 e. The number of carbonyl (C=O) groups excluding carboxylic acids is 1. The van der Waals surface area contributed by atoms with Crippen molar-refractivity contribution < 1.29 is 14.3 Å². The van der Waals surface area contributed by atoms with E-state index in [1.165, 1.54) is 6.07 Å². The lowest BCUT2D eigenvalue weighted by molar-refractivity contribution is 0.0745. The first-order valence-electron chi connectivity index (χ1n) is 8.98. The van der Waals surface area contributed by atoms with Crippen LogP contribution in [-0.4, -0.2) is 29.1 Å². The molecule has 1 amide bonds. The maximum absolute atomic E-state index is 14.3. The Morgan fingerprint density at radius 2 is 1.70 bits per heavy atom. The number of hydrogen-bond acceptors (Lipinski definition) is 2. The Hall–Kier alpha value is -2.98. The maximum atomic E-state index is 14.3. The summed E-state index contributed by atoms with van der Waals surface area (Å²) in [6, 6.07) is 18.5. The van der Waals surface area contributed by atoms with E-state index in [0.717, 1.165) is 27.8 Å². The molecule has 0 saturated heterocycles. The minimum atomic E-state index is -0.239. The molecule has 0 saturated carbocycles.